The Morgan fingerprint density at radius 2 is 1.82 bits per heavy atom. The number of aromatic nitrogens is 2. The number of amides is 2. The number of halogens is 6. The molecule has 38 heavy (non-hydrogen) atoms. The van der Waals surface area contributed by atoms with Gasteiger partial charge in [0, 0.05) is 18.1 Å². The molecule has 2 amide bonds. The number of pyridine rings is 1. The van der Waals surface area contributed by atoms with Gasteiger partial charge in [-0.1, -0.05) is 29.0 Å². The molecule has 2 heterocycles. The molecule has 0 bridgehead atoms. The lowest BCUT2D eigenvalue weighted by molar-refractivity contribution is -0.140. The second-order valence-corrected chi connectivity index (χ2v) is 9.62. The van der Waals surface area contributed by atoms with Crippen LogP contribution in [0.15, 0.2) is 42.5 Å². The molecule has 0 radical (unpaired) electrons. The Balaban J connectivity index is 1.37. The van der Waals surface area contributed by atoms with Crippen LogP contribution in [0.25, 0.3) is 10.3 Å². The minimum absolute atomic E-state index is 0.00533. The van der Waals surface area contributed by atoms with Crippen LogP contribution in [0.1, 0.15) is 28.8 Å². The van der Waals surface area contributed by atoms with Gasteiger partial charge in [0.05, 0.1) is 21.8 Å². The molecule has 0 spiro atoms. The summed E-state index contributed by atoms with van der Waals surface area (Å²) in [6.45, 7) is 0. The van der Waals surface area contributed by atoms with Crippen LogP contribution >= 0.6 is 22.9 Å². The number of hydrogen-bond donors (Lipinski definition) is 2. The lowest BCUT2D eigenvalue weighted by atomic mass is 10.1. The summed E-state index contributed by atoms with van der Waals surface area (Å²) < 4.78 is 73.4. The van der Waals surface area contributed by atoms with Gasteiger partial charge < -0.3 is 15.4 Å². The molecule has 0 saturated heterocycles. The minimum atomic E-state index is -5.03. The third-order valence-electron chi connectivity index (χ3n) is 5.44. The molecule has 2 N–H and O–H groups in total. The summed E-state index contributed by atoms with van der Waals surface area (Å²) in [5.74, 6) is -4.39. The zero-order chi connectivity index (χ0) is 27.2. The Bertz CT molecular complexity index is 1590. The molecule has 0 atom stereocenters. The molecule has 4 aromatic rings. The SMILES string of the molecule is O=C(Nc1cc(Oc2ccc3nc(NC(=O)C4CC4)sc3n2)c(Cl)cc1F)c1cccc(C(F)(F)F)c1F. The van der Waals surface area contributed by atoms with E-state index < -0.39 is 40.5 Å². The van der Waals surface area contributed by atoms with E-state index in [4.69, 9.17) is 16.3 Å². The Morgan fingerprint density at radius 3 is 2.53 bits per heavy atom. The van der Waals surface area contributed by atoms with E-state index in [9.17, 15) is 31.5 Å². The van der Waals surface area contributed by atoms with Crippen molar-refractivity contribution < 1.29 is 36.3 Å². The van der Waals surface area contributed by atoms with E-state index in [-0.39, 0.29) is 28.5 Å². The number of fused-ring (bicyclic) bond motifs is 1. The number of rotatable bonds is 6. The largest absolute Gasteiger partial charge is 0.437 e. The average molecular weight is 569 g/mol. The fourth-order valence-electron chi connectivity index (χ4n) is 3.40. The zero-order valence-electron chi connectivity index (χ0n) is 18.8. The maximum absolute atomic E-state index is 14.5. The molecular formula is C24H14ClF5N4O3S. The van der Waals surface area contributed by atoms with Crippen LogP contribution in [0.2, 0.25) is 5.02 Å². The van der Waals surface area contributed by atoms with Crippen molar-refractivity contribution in [3.05, 3.63) is 70.2 Å². The van der Waals surface area contributed by atoms with Gasteiger partial charge in [0.25, 0.3) is 5.91 Å². The Kier molecular flexibility index (Phi) is 6.65. The van der Waals surface area contributed by atoms with E-state index in [0.29, 0.717) is 21.5 Å². The van der Waals surface area contributed by atoms with Gasteiger partial charge in [0.1, 0.15) is 27.7 Å². The van der Waals surface area contributed by atoms with Crippen molar-refractivity contribution in [1.82, 2.24) is 9.97 Å². The van der Waals surface area contributed by atoms with Crippen molar-refractivity contribution >= 4 is 55.9 Å². The Labute approximate surface area is 219 Å². The maximum Gasteiger partial charge on any atom is 0.419 e. The topological polar surface area (TPSA) is 93.2 Å². The number of benzene rings is 2. The molecule has 14 heteroatoms. The first-order valence-electron chi connectivity index (χ1n) is 10.9. The predicted octanol–water partition coefficient (Wildman–Crippen LogP) is 7.03. The van der Waals surface area contributed by atoms with Crippen molar-refractivity contribution in [2.75, 3.05) is 10.6 Å². The quantitative estimate of drug-likeness (QED) is 0.244. The Hall–Kier alpha value is -3.84. The highest BCUT2D eigenvalue weighted by molar-refractivity contribution is 7.21. The molecule has 196 valence electrons. The summed E-state index contributed by atoms with van der Waals surface area (Å²) in [5.41, 5.74) is -2.59. The molecule has 7 nitrogen and oxygen atoms in total. The third-order valence-corrected chi connectivity index (χ3v) is 6.62. The number of hydrogen-bond acceptors (Lipinski definition) is 6. The van der Waals surface area contributed by atoms with Gasteiger partial charge in [0.2, 0.25) is 11.8 Å². The van der Waals surface area contributed by atoms with Gasteiger partial charge in [0.15, 0.2) is 5.13 Å². The average Bonchev–Trinajstić information content (AvgIpc) is 3.62. The van der Waals surface area contributed by atoms with Gasteiger partial charge in [-0.05, 0) is 37.1 Å². The first kappa shape index (κ1) is 25.8. The summed E-state index contributed by atoms with van der Waals surface area (Å²) in [7, 11) is 0. The van der Waals surface area contributed by atoms with Crippen LogP contribution in [0, 0.1) is 17.6 Å². The maximum atomic E-state index is 14.5. The molecule has 2 aromatic heterocycles. The summed E-state index contributed by atoms with van der Waals surface area (Å²) in [6, 6.07) is 7.00. The molecular weight excluding hydrogens is 555 g/mol. The number of nitrogens with one attached hydrogen (secondary N) is 2. The van der Waals surface area contributed by atoms with Gasteiger partial charge in [-0.2, -0.15) is 13.2 Å². The second-order valence-electron chi connectivity index (χ2n) is 8.24. The lowest BCUT2D eigenvalue weighted by Gasteiger charge is -2.13. The fourth-order valence-corrected chi connectivity index (χ4v) is 4.42. The van der Waals surface area contributed by atoms with E-state index in [2.05, 4.69) is 15.3 Å². The van der Waals surface area contributed by atoms with Crippen LogP contribution in [0.3, 0.4) is 0 Å². The molecule has 2 aromatic carbocycles. The van der Waals surface area contributed by atoms with Crippen molar-refractivity contribution in [3.63, 3.8) is 0 Å². The number of carbonyl (C=O) groups is 2. The number of nitrogens with zero attached hydrogens (tertiary/aromatic N) is 2. The van der Waals surface area contributed by atoms with Crippen LogP contribution in [0.4, 0.5) is 32.8 Å². The summed E-state index contributed by atoms with van der Waals surface area (Å²) in [5, 5.41) is 4.93. The first-order chi connectivity index (χ1) is 18.0. The monoisotopic (exact) mass is 568 g/mol. The van der Waals surface area contributed by atoms with Crippen molar-refractivity contribution in [2.24, 2.45) is 5.92 Å². The Morgan fingerprint density at radius 1 is 1.05 bits per heavy atom. The van der Waals surface area contributed by atoms with E-state index in [0.717, 1.165) is 48.4 Å². The highest BCUT2D eigenvalue weighted by Crippen LogP contribution is 2.37. The highest BCUT2D eigenvalue weighted by atomic mass is 35.5. The smallest absolute Gasteiger partial charge is 0.419 e. The third kappa shape index (κ3) is 5.38. The molecule has 5 rings (SSSR count). The second kappa shape index (κ2) is 9.80. The molecule has 1 fully saturated rings. The van der Waals surface area contributed by atoms with Crippen molar-refractivity contribution in [1.29, 1.82) is 0 Å². The highest BCUT2D eigenvalue weighted by Gasteiger charge is 2.36. The van der Waals surface area contributed by atoms with Gasteiger partial charge >= 0.3 is 6.18 Å². The van der Waals surface area contributed by atoms with Crippen LogP contribution in [0.5, 0.6) is 11.6 Å². The van der Waals surface area contributed by atoms with Gasteiger partial charge in [-0.15, -0.1) is 0 Å². The molecule has 0 unspecified atom stereocenters. The van der Waals surface area contributed by atoms with Gasteiger partial charge in [-0.25, -0.2) is 18.7 Å². The van der Waals surface area contributed by atoms with Crippen LogP contribution in [-0.4, -0.2) is 21.8 Å². The van der Waals surface area contributed by atoms with E-state index >= 15 is 0 Å². The molecule has 1 saturated carbocycles. The van der Waals surface area contributed by atoms with Gasteiger partial charge in [-0.3, -0.25) is 9.59 Å². The summed E-state index contributed by atoms with van der Waals surface area (Å²) >= 11 is 7.18. The van der Waals surface area contributed by atoms with E-state index in [1.54, 1.807) is 6.07 Å². The van der Waals surface area contributed by atoms with Crippen LogP contribution < -0.4 is 15.4 Å². The van der Waals surface area contributed by atoms with E-state index in [1.165, 1.54) is 6.07 Å². The van der Waals surface area contributed by atoms with E-state index in [1.807, 2.05) is 5.32 Å². The first-order valence-corrected chi connectivity index (χ1v) is 12.1. The summed E-state index contributed by atoms with van der Waals surface area (Å²) in [4.78, 5) is 33.5. The van der Waals surface area contributed by atoms with Crippen molar-refractivity contribution in [2.45, 2.75) is 19.0 Å². The summed E-state index contributed by atoms with van der Waals surface area (Å²) in [6.07, 6.45) is -3.35. The van der Waals surface area contributed by atoms with Crippen LogP contribution in [-0.2, 0) is 11.0 Å². The number of thiazole rings is 1. The lowest BCUT2D eigenvalue weighted by Crippen LogP contribution is -2.18. The molecule has 0 aliphatic heterocycles. The number of anilines is 2. The molecule has 1 aliphatic carbocycles. The number of alkyl halides is 3. The standard InChI is InChI=1S/C24H14ClF5N4O3S/c25-13-8-14(26)16(31-21(36)11-2-1-3-12(19(11)27)24(28,29)30)9-17(13)37-18-7-6-15-22(33-18)38-23(32-15)34-20(35)10-4-5-10/h1-3,6-10H,4-5H2,(H,31,36)(H,32,34,35). The fraction of sp³-hybridized carbons (Fsp3) is 0.167. The molecule has 1 aliphatic rings. The number of ether oxygens (including phenoxy) is 1. The zero-order valence-corrected chi connectivity index (χ0v) is 20.4. The van der Waals surface area contributed by atoms with Crippen molar-refractivity contribution in [3.8, 4) is 11.6 Å². The minimum Gasteiger partial charge on any atom is -0.437 e. The number of carbonyl (C=O) groups excluding carboxylic acids is 2. The predicted molar refractivity (Wildman–Crippen MR) is 130 cm³/mol. The normalized spacial score (nSPS) is 13.4.